The molecule has 0 aliphatic carbocycles. The summed E-state index contributed by atoms with van der Waals surface area (Å²) in [6.07, 6.45) is 1.94. The number of nitrogens with one attached hydrogen (secondary N) is 1. The molecule has 1 saturated heterocycles. The molecule has 0 bridgehead atoms. The Bertz CT molecular complexity index is 169. The van der Waals surface area contributed by atoms with Gasteiger partial charge in [0.2, 0.25) is 5.91 Å². The van der Waals surface area contributed by atoms with Gasteiger partial charge in [-0.2, -0.15) is 11.8 Å². The van der Waals surface area contributed by atoms with Crippen LogP contribution in [0.25, 0.3) is 0 Å². The van der Waals surface area contributed by atoms with Crippen LogP contribution in [0, 0.1) is 5.92 Å². The summed E-state index contributed by atoms with van der Waals surface area (Å²) in [6, 6.07) is -0.325. The van der Waals surface area contributed by atoms with Gasteiger partial charge in [-0.3, -0.25) is 4.79 Å². The predicted octanol–water partition coefficient (Wildman–Crippen LogP) is 0.593. The molecule has 0 aromatic rings. The Kier molecular flexibility index (Phi) is 4.59. The topological polar surface area (TPSA) is 55.1 Å². The van der Waals surface area contributed by atoms with Gasteiger partial charge in [-0.05, 0) is 30.3 Å². The van der Waals surface area contributed by atoms with E-state index in [4.69, 9.17) is 5.73 Å². The van der Waals surface area contributed by atoms with Crippen LogP contribution in [0.3, 0.4) is 0 Å². The number of carbonyl (C=O) groups is 1. The Labute approximate surface area is 83.8 Å². The fraction of sp³-hybridized carbons (Fsp3) is 0.889. The maximum absolute atomic E-state index is 11.3. The van der Waals surface area contributed by atoms with Crippen LogP contribution < -0.4 is 11.1 Å². The quantitative estimate of drug-likeness (QED) is 0.701. The highest BCUT2D eigenvalue weighted by Crippen LogP contribution is 2.22. The lowest BCUT2D eigenvalue weighted by Crippen LogP contribution is -2.42. The summed E-state index contributed by atoms with van der Waals surface area (Å²) in [7, 11) is 0. The Balaban J connectivity index is 2.13. The zero-order valence-electron chi connectivity index (χ0n) is 8.08. The first kappa shape index (κ1) is 10.9. The number of thioether (sulfide) groups is 1. The van der Waals surface area contributed by atoms with Gasteiger partial charge in [0.15, 0.2) is 0 Å². The normalized spacial score (nSPS) is 24.3. The van der Waals surface area contributed by atoms with Gasteiger partial charge >= 0.3 is 0 Å². The van der Waals surface area contributed by atoms with E-state index in [1.165, 1.54) is 17.9 Å². The smallest absolute Gasteiger partial charge is 0.236 e. The van der Waals surface area contributed by atoms with E-state index in [9.17, 15) is 4.79 Å². The summed E-state index contributed by atoms with van der Waals surface area (Å²) in [6.45, 7) is 2.73. The predicted molar refractivity (Wildman–Crippen MR) is 56.7 cm³/mol. The first-order valence-corrected chi connectivity index (χ1v) is 6.00. The van der Waals surface area contributed by atoms with E-state index in [0.717, 1.165) is 6.54 Å². The van der Waals surface area contributed by atoms with Crippen LogP contribution >= 0.6 is 11.8 Å². The van der Waals surface area contributed by atoms with Crippen LogP contribution in [0.1, 0.15) is 19.8 Å². The lowest BCUT2D eigenvalue weighted by Gasteiger charge is -2.12. The van der Waals surface area contributed by atoms with Gasteiger partial charge in [-0.15, -0.1) is 0 Å². The summed E-state index contributed by atoms with van der Waals surface area (Å²) in [5.74, 6) is 3.08. The zero-order chi connectivity index (χ0) is 9.68. The largest absolute Gasteiger partial charge is 0.354 e. The molecule has 76 valence electrons. The van der Waals surface area contributed by atoms with Gasteiger partial charge in [0.1, 0.15) is 0 Å². The van der Waals surface area contributed by atoms with Gasteiger partial charge in [0.05, 0.1) is 6.04 Å². The molecule has 3 nitrogen and oxygen atoms in total. The molecule has 1 aliphatic heterocycles. The molecule has 1 unspecified atom stereocenters. The summed E-state index contributed by atoms with van der Waals surface area (Å²) >= 11 is 1.97. The Hall–Kier alpha value is -0.220. The summed E-state index contributed by atoms with van der Waals surface area (Å²) in [5, 5.41) is 2.90. The van der Waals surface area contributed by atoms with Crippen LogP contribution in [0.15, 0.2) is 0 Å². The van der Waals surface area contributed by atoms with E-state index in [1.54, 1.807) is 0 Å². The van der Waals surface area contributed by atoms with Gasteiger partial charge < -0.3 is 11.1 Å². The SMILES string of the molecule is CC[C@H](N)C(=O)NCC1CCSC1. The van der Waals surface area contributed by atoms with Crippen molar-refractivity contribution in [3.05, 3.63) is 0 Å². The number of nitrogens with two attached hydrogens (primary N) is 1. The molecule has 0 spiro atoms. The zero-order valence-corrected chi connectivity index (χ0v) is 8.90. The van der Waals surface area contributed by atoms with Crippen molar-refractivity contribution in [1.29, 1.82) is 0 Å². The van der Waals surface area contributed by atoms with Crippen molar-refractivity contribution < 1.29 is 4.79 Å². The van der Waals surface area contributed by atoms with E-state index in [1.807, 2.05) is 18.7 Å². The molecule has 1 amide bonds. The van der Waals surface area contributed by atoms with Crippen LogP contribution in [-0.4, -0.2) is 30.0 Å². The Morgan fingerprint density at radius 2 is 2.54 bits per heavy atom. The van der Waals surface area contributed by atoms with E-state index in [2.05, 4.69) is 5.32 Å². The number of carbonyl (C=O) groups excluding carboxylic acids is 1. The summed E-state index contributed by atoms with van der Waals surface area (Å²) < 4.78 is 0. The van der Waals surface area contributed by atoms with Gasteiger partial charge in [0.25, 0.3) is 0 Å². The molecule has 1 aliphatic rings. The third kappa shape index (κ3) is 3.56. The van der Waals surface area contributed by atoms with Crippen molar-refractivity contribution in [2.75, 3.05) is 18.1 Å². The third-order valence-electron chi connectivity index (χ3n) is 2.37. The Morgan fingerprint density at radius 3 is 3.08 bits per heavy atom. The fourth-order valence-electron chi connectivity index (χ4n) is 1.31. The molecule has 13 heavy (non-hydrogen) atoms. The first-order valence-electron chi connectivity index (χ1n) is 4.85. The van der Waals surface area contributed by atoms with Crippen molar-refractivity contribution in [2.45, 2.75) is 25.8 Å². The summed E-state index contributed by atoms with van der Waals surface area (Å²) in [5.41, 5.74) is 5.58. The second-order valence-electron chi connectivity index (χ2n) is 3.49. The molecular formula is C9H18N2OS. The maximum atomic E-state index is 11.3. The minimum atomic E-state index is -0.325. The lowest BCUT2D eigenvalue weighted by atomic mass is 10.1. The minimum Gasteiger partial charge on any atom is -0.354 e. The van der Waals surface area contributed by atoms with E-state index in [-0.39, 0.29) is 11.9 Å². The van der Waals surface area contributed by atoms with E-state index < -0.39 is 0 Å². The van der Waals surface area contributed by atoms with Crippen LogP contribution in [-0.2, 0) is 4.79 Å². The summed E-state index contributed by atoms with van der Waals surface area (Å²) in [4.78, 5) is 11.3. The van der Waals surface area contributed by atoms with Crippen molar-refractivity contribution in [2.24, 2.45) is 11.7 Å². The maximum Gasteiger partial charge on any atom is 0.236 e. The van der Waals surface area contributed by atoms with Crippen LogP contribution in [0.4, 0.5) is 0 Å². The molecule has 2 atom stereocenters. The number of amides is 1. The molecule has 4 heteroatoms. The van der Waals surface area contributed by atoms with E-state index in [0.29, 0.717) is 12.3 Å². The van der Waals surface area contributed by atoms with Gasteiger partial charge in [0, 0.05) is 6.54 Å². The molecule has 0 saturated carbocycles. The van der Waals surface area contributed by atoms with Gasteiger partial charge in [-0.25, -0.2) is 0 Å². The number of hydrogen-bond acceptors (Lipinski definition) is 3. The fourth-order valence-corrected chi connectivity index (χ4v) is 2.59. The highest BCUT2D eigenvalue weighted by atomic mass is 32.2. The first-order chi connectivity index (χ1) is 6.24. The van der Waals surface area contributed by atoms with Crippen molar-refractivity contribution >= 4 is 17.7 Å². The van der Waals surface area contributed by atoms with Crippen LogP contribution in [0.2, 0.25) is 0 Å². The Morgan fingerprint density at radius 1 is 1.77 bits per heavy atom. The van der Waals surface area contributed by atoms with Crippen LogP contribution in [0.5, 0.6) is 0 Å². The second-order valence-corrected chi connectivity index (χ2v) is 4.64. The molecule has 0 aromatic carbocycles. The third-order valence-corrected chi connectivity index (χ3v) is 3.60. The van der Waals surface area contributed by atoms with E-state index >= 15 is 0 Å². The van der Waals surface area contributed by atoms with Crippen molar-refractivity contribution in [3.63, 3.8) is 0 Å². The molecule has 1 heterocycles. The molecule has 1 rings (SSSR count). The second kappa shape index (κ2) is 5.50. The molecule has 0 radical (unpaired) electrons. The average Bonchev–Trinajstić information content (AvgIpc) is 2.65. The highest BCUT2D eigenvalue weighted by Gasteiger charge is 2.17. The monoisotopic (exact) mass is 202 g/mol. The minimum absolute atomic E-state index is 0.000556. The molecule has 3 N–H and O–H groups in total. The standard InChI is InChI=1S/C9H18N2OS/c1-2-8(10)9(12)11-5-7-3-4-13-6-7/h7-8H,2-6,10H2,1H3,(H,11,12)/t7?,8-/m0/s1. The van der Waals surface area contributed by atoms with Gasteiger partial charge in [-0.1, -0.05) is 6.92 Å². The highest BCUT2D eigenvalue weighted by molar-refractivity contribution is 7.99. The van der Waals surface area contributed by atoms with Crippen molar-refractivity contribution in [1.82, 2.24) is 5.32 Å². The molecule has 0 aromatic heterocycles. The number of hydrogen-bond donors (Lipinski definition) is 2. The molecular weight excluding hydrogens is 184 g/mol. The van der Waals surface area contributed by atoms with Crippen molar-refractivity contribution in [3.8, 4) is 0 Å². The lowest BCUT2D eigenvalue weighted by molar-refractivity contribution is -0.122. The average molecular weight is 202 g/mol. The number of rotatable bonds is 4. The molecule has 1 fully saturated rings.